The van der Waals surface area contributed by atoms with Gasteiger partial charge < -0.3 is 14.8 Å². The normalized spacial score (nSPS) is 10.7. The van der Waals surface area contributed by atoms with E-state index in [1.165, 1.54) is 18.2 Å². The number of methoxy groups -OCH3 is 1. The summed E-state index contributed by atoms with van der Waals surface area (Å²) in [6, 6.07) is 9.84. The summed E-state index contributed by atoms with van der Waals surface area (Å²) in [5.41, 5.74) is 1.84. The van der Waals surface area contributed by atoms with Gasteiger partial charge in [-0.2, -0.15) is 0 Å². The van der Waals surface area contributed by atoms with Crippen LogP contribution in [0.25, 0.3) is 6.08 Å². The Labute approximate surface area is 140 Å². The molecule has 5 heteroatoms. The lowest BCUT2D eigenvalue weighted by Crippen LogP contribution is -2.08. The van der Waals surface area contributed by atoms with Gasteiger partial charge >= 0.3 is 0 Å². The van der Waals surface area contributed by atoms with Crippen LogP contribution in [0.5, 0.6) is 11.5 Å². The van der Waals surface area contributed by atoms with Crippen LogP contribution in [0.1, 0.15) is 18.1 Å². The molecule has 0 heterocycles. The molecule has 126 valence electrons. The number of nitrogens with one attached hydrogen (secondary N) is 1. The highest BCUT2D eigenvalue weighted by atomic mass is 19.1. The lowest BCUT2D eigenvalue weighted by molar-refractivity contribution is -0.111. The Hall–Kier alpha value is -2.82. The van der Waals surface area contributed by atoms with Crippen LogP contribution in [-0.2, 0) is 4.79 Å². The Kier molecular flexibility index (Phi) is 5.95. The molecule has 0 unspecified atom stereocenters. The minimum absolute atomic E-state index is 0.296. The number of carbonyl (C=O) groups is 1. The molecule has 0 aliphatic rings. The van der Waals surface area contributed by atoms with E-state index < -0.39 is 0 Å². The van der Waals surface area contributed by atoms with E-state index >= 15 is 0 Å². The third kappa shape index (κ3) is 4.59. The average Bonchev–Trinajstić information content (AvgIpc) is 2.57. The number of ether oxygens (including phenoxy) is 2. The molecule has 0 radical (unpaired) electrons. The number of rotatable bonds is 6. The van der Waals surface area contributed by atoms with E-state index in [2.05, 4.69) is 5.32 Å². The van der Waals surface area contributed by atoms with Gasteiger partial charge in [0.2, 0.25) is 5.91 Å². The SMILES string of the molecule is CCOc1cc(/C=C/C(=O)Nc2ccc(F)c(C)c2)ccc1OC. The van der Waals surface area contributed by atoms with Gasteiger partial charge in [0, 0.05) is 11.8 Å². The molecule has 0 spiro atoms. The first-order valence-corrected chi connectivity index (χ1v) is 7.59. The van der Waals surface area contributed by atoms with Gasteiger partial charge in [-0.05, 0) is 61.4 Å². The second-order valence-corrected chi connectivity index (χ2v) is 5.13. The maximum Gasteiger partial charge on any atom is 0.248 e. The smallest absolute Gasteiger partial charge is 0.248 e. The van der Waals surface area contributed by atoms with Crippen molar-refractivity contribution < 1.29 is 18.7 Å². The summed E-state index contributed by atoms with van der Waals surface area (Å²) >= 11 is 0. The molecule has 0 saturated carbocycles. The number of aryl methyl sites for hydroxylation is 1. The first-order chi connectivity index (χ1) is 11.5. The predicted molar refractivity (Wildman–Crippen MR) is 93.0 cm³/mol. The maximum absolute atomic E-state index is 13.2. The molecule has 24 heavy (non-hydrogen) atoms. The highest BCUT2D eigenvalue weighted by Crippen LogP contribution is 2.28. The lowest BCUT2D eigenvalue weighted by Gasteiger charge is -2.09. The molecule has 1 amide bonds. The van der Waals surface area contributed by atoms with Crippen molar-refractivity contribution in [3.8, 4) is 11.5 Å². The summed E-state index contributed by atoms with van der Waals surface area (Å²) in [5.74, 6) is 0.664. The summed E-state index contributed by atoms with van der Waals surface area (Å²) in [4.78, 5) is 12.0. The monoisotopic (exact) mass is 329 g/mol. The van der Waals surface area contributed by atoms with E-state index in [9.17, 15) is 9.18 Å². The van der Waals surface area contributed by atoms with Gasteiger partial charge in [-0.3, -0.25) is 4.79 Å². The number of anilines is 1. The van der Waals surface area contributed by atoms with E-state index in [0.717, 1.165) is 5.56 Å². The van der Waals surface area contributed by atoms with Crippen molar-refractivity contribution in [2.24, 2.45) is 0 Å². The second kappa shape index (κ2) is 8.15. The Morgan fingerprint density at radius 2 is 2.00 bits per heavy atom. The standard InChI is InChI=1S/C19H20FNO3/c1-4-24-18-12-14(5-9-17(18)23-3)6-10-19(22)21-15-7-8-16(20)13(2)11-15/h5-12H,4H2,1-3H3,(H,21,22)/b10-6+. The number of hydrogen-bond donors (Lipinski definition) is 1. The van der Waals surface area contributed by atoms with Gasteiger partial charge in [-0.1, -0.05) is 6.07 Å². The highest BCUT2D eigenvalue weighted by Gasteiger charge is 2.05. The molecule has 0 aliphatic heterocycles. The molecular formula is C19H20FNO3. The largest absolute Gasteiger partial charge is 0.493 e. The van der Waals surface area contributed by atoms with Gasteiger partial charge in [0.05, 0.1) is 13.7 Å². The molecule has 0 atom stereocenters. The molecule has 2 rings (SSSR count). The minimum atomic E-state index is -0.301. The molecule has 0 aliphatic carbocycles. The molecule has 0 aromatic heterocycles. The van der Waals surface area contributed by atoms with Crippen molar-refractivity contribution in [2.45, 2.75) is 13.8 Å². The van der Waals surface area contributed by atoms with E-state index in [1.807, 2.05) is 13.0 Å². The maximum atomic E-state index is 13.2. The number of halogens is 1. The molecule has 4 nitrogen and oxygen atoms in total. The summed E-state index contributed by atoms with van der Waals surface area (Å²) in [6.45, 7) is 4.06. The zero-order chi connectivity index (χ0) is 17.5. The van der Waals surface area contributed by atoms with Crippen LogP contribution < -0.4 is 14.8 Å². The zero-order valence-electron chi connectivity index (χ0n) is 13.9. The third-order valence-electron chi connectivity index (χ3n) is 3.34. The number of hydrogen-bond acceptors (Lipinski definition) is 3. The highest BCUT2D eigenvalue weighted by molar-refractivity contribution is 6.02. The molecule has 2 aromatic rings. The van der Waals surface area contributed by atoms with Crippen molar-refractivity contribution in [2.75, 3.05) is 19.0 Å². The van der Waals surface area contributed by atoms with Crippen molar-refractivity contribution in [3.05, 3.63) is 59.4 Å². The fourth-order valence-corrected chi connectivity index (χ4v) is 2.14. The van der Waals surface area contributed by atoms with Crippen LogP contribution in [0.15, 0.2) is 42.5 Å². The van der Waals surface area contributed by atoms with Crippen molar-refractivity contribution in [1.29, 1.82) is 0 Å². The summed E-state index contributed by atoms with van der Waals surface area (Å²) in [6.07, 6.45) is 3.09. The summed E-state index contributed by atoms with van der Waals surface area (Å²) in [7, 11) is 1.57. The molecule has 1 N–H and O–H groups in total. The van der Waals surface area contributed by atoms with Crippen LogP contribution in [0.2, 0.25) is 0 Å². The molecular weight excluding hydrogens is 309 g/mol. The number of benzene rings is 2. The topological polar surface area (TPSA) is 47.6 Å². The minimum Gasteiger partial charge on any atom is -0.493 e. The average molecular weight is 329 g/mol. The molecule has 0 fully saturated rings. The quantitative estimate of drug-likeness (QED) is 0.808. The van der Waals surface area contributed by atoms with Crippen LogP contribution in [0.3, 0.4) is 0 Å². The molecule has 2 aromatic carbocycles. The van der Waals surface area contributed by atoms with Crippen molar-refractivity contribution in [3.63, 3.8) is 0 Å². The number of amides is 1. The molecule has 0 bridgehead atoms. The van der Waals surface area contributed by atoms with Crippen molar-refractivity contribution in [1.82, 2.24) is 0 Å². The van der Waals surface area contributed by atoms with Gasteiger partial charge in [-0.25, -0.2) is 4.39 Å². The number of carbonyl (C=O) groups excluding carboxylic acids is 1. The van der Waals surface area contributed by atoms with Gasteiger partial charge in [0.1, 0.15) is 5.82 Å². The van der Waals surface area contributed by atoms with E-state index in [0.29, 0.717) is 29.4 Å². The van der Waals surface area contributed by atoms with Gasteiger partial charge in [0.25, 0.3) is 0 Å². The summed E-state index contributed by atoms with van der Waals surface area (Å²) < 4.78 is 23.9. The lowest BCUT2D eigenvalue weighted by atomic mass is 10.2. The Morgan fingerprint density at radius 3 is 2.67 bits per heavy atom. The van der Waals surface area contributed by atoms with Crippen LogP contribution in [0.4, 0.5) is 10.1 Å². The van der Waals surface area contributed by atoms with Gasteiger partial charge in [-0.15, -0.1) is 0 Å². The third-order valence-corrected chi connectivity index (χ3v) is 3.34. The van der Waals surface area contributed by atoms with Crippen LogP contribution in [-0.4, -0.2) is 19.6 Å². The Bertz CT molecular complexity index is 756. The van der Waals surface area contributed by atoms with E-state index in [-0.39, 0.29) is 11.7 Å². The Morgan fingerprint density at radius 1 is 1.21 bits per heavy atom. The first-order valence-electron chi connectivity index (χ1n) is 7.59. The Balaban J connectivity index is 2.07. The van der Waals surface area contributed by atoms with E-state index in [1.54, 1.807) is 38.3 Å². The van der Waals surface area contributed by atoms with Crippen LogP contribution in [0, 0.1) is 12.7 Å². The zero-order valence-corrected chi connectivity index (χ0v) is 13.9. The second-order valence-electron chi connectivity index (χ2n) is 5.13. The van der Waals surface area contributed by atoms with Gasteiger partial charge in [0.15, 0.2) is 11.5 Å². The molecule has 0 saturated heterocycles. The van der Waals surface area contributed by atoms with Crippen LogP contribution >= 0.6 is 0 Å². The van der Waals surface area contributed by atoms with E-state index in [4.69, 9.17) is 9.47 Å². The van der Waals surface area contributed by atoms with Crippen molar-refractivity contribution >= 4 is 17.7 Å². The summed E-state index contributed by atoms with van der Waals surface area (Å²) in [5, 5.41) is 2.69. The first kappa shape index (κ1) is 17.5. The fraction of sp³-hybridized carbons (Fsp3) is 0.211. The fourth-order valence-electron chi connectivity index (χ4n) is 2.14. The predicted octanol–water partition coefficient (Wildman–Crippen LogP) is 4.19.